The van der Waals surface area contributed by atoms with Crippen molar-refractivity contribution in [1.82, 2.24) is 5.32 Å². The summed E-state index contributed by atoms with van der Waals surface area (Å²) in [6.07, 6.45) is 5.47. The monoisotopic (exact) mass is 184 g/mol. The van der Waals surface area contributed by atoms with E-state index in [1.54, 1.807) is 0 Å². The first-order valence-electron chi connectivity index (χ1n) is 5.49. The van der Waals surface area contributed by atoms with Gasteiger partial charge >= 0.3 is 0 Å². The second kappa shape index (κ2) is 4.43. The zero-order chi connectivity index (χ0) is 9.90. The van der Waals surface area contributed by atoms with Gasteiger partial charge in [0, 0.05) is 18.6 Å². The average molecular weight is 184 g/mol. The van der Waals surface area contributed by atoms with Gasteiger partial charge in [-0.2, -0.15) is 0 Å². The summed E-state index contributed by atoms with van der Waals surface area (Å²) < 4.78 is 0. The summed E-state index contributed by atoms with van der Waals surface area (Å²) in [5.41, 5.74) is 6.29. The molecule has 1 atom stereocenters. The zero-order valence-electron chi connectivity index (χ0n) is 9.27. The van der Waals surface area contributed by atoms with Crippen molar-refractivity contribution in [3.8, 4) is 0 Å². The van der Waals surface area contributed by atoms with Crippen molar-refractivity contribution in [2.24, 2.45) is 11.1 Å². The SMILES string of the molecule is CC(C)(C)C(N)CNC1CCCC1. The van der Waals surface area contributed by atoms with Crippen LogP contribution in [0.4, 0.5) is 0 Å². The fraction of sp³-hybridized carbons (Fsp3) is 1.00. The van der Waals surface area contributed by atoms with E-state index >= 15 is 0 Å². The van der Waals surface area contributed by atoms with Crippen LogP contribution in [0.2, 0.25) is 0 Å². The van der Waals surface area contributed by atoms with Gasteiger partial charge < -0.3 is 11.1 Å². The molecule has 2 heteroatoms. The minimum Gasteiger partial charge on any atom is -0.326 e. The minimum absolute atomic E-state index is 0.228. The highest BCUT2D eigenvalue weighted by Gasteiger charge is 2.22. The molecule has 13 heavy (non-hydrogen) atoms. The molecule has 0 bridgehead atoms. The van der Waals surface area contributed by atoms with Gasteiger partial charge in [0.1, 0.15) is 0 Å². The summed E-state index contributed by atoms with van der Waals surface area (Å²) in [7, 11) is 0. The molecule has 0 aliphatic heterocycles. The molecular formula is C11H24N2. The van der Waals surface area contributed by atoms with E-state index in [-0.39, 0.29) is 11.5 Å². The molecule has 1 rings (SSSR count). The third-order valence-electron chi connectivity index (χ3n) is 3.09. The van der Waals surface area contributed by atoms with E-state index in [0.29, 0.717) is 0 Å². The van der Waals surface area contributed by atoms with E-state index < -0.39 is 0 Å². The Bertz CT molecular complexity index is 143. The summed E-state index contributed by atoms with van der Waals surface area (Å²) in [6, 6.07) is 1.02. The van der Waals surface area contributed by atoms with E-state index in [1.165, 1.54) is 25.7 Å². The Kier molecular flexibility index (Phi) is 3.74. The van der Waals surface area contributed by atoms with Gasteiger partial charge in [0.15, 0.2) is 0 Å². The molecule has 0 saturated heterocycles. The molecule has 0 aromatic heterocycles. The lowest BCUT2D eigenvalue weighted by Gasteiger charge is -2.28. The molecule has 0 aromatic carbocycles. The highest BCUT2D eigenvalue weighted by atomic mass is 14.9. The number of nitrogens with one attached hydrogen (secondary N) is 1. The van der Waals surface area contributed by atoms with Crippen LogP contribution in [0, 0.1) is 5.41 Å². The largest absolute Gasteiger partial charge is 0.326 e. The van der Waals surface area contributed by atoms with Crippen LogP contribution in [0.1, 0.15) is 46.5 Å². The third-order valence-corrected chi connectivity index (χ3v) is 3.09. The molecule has 0 heterocycles. The number of rotatable bonds is 3. The van der Waals surface area contributed by atoms with E-state index in [1.807, 2.05) is 0 Å². The van der Waals surface area contributed by atoms with E-state index in [0.717, 1.165) is 12.6 Å². The van der Waals surface area contributed by atoms with Crippen LogP contribution < -0.4 is 11.1 Å². The van der Waals surface area contributed by atoms with E-state index in [2.05, 4.69) is 26.1 Å². The molecular weight excluding hydrogens is 160 g/mol. The minimum atomic E-state index is 0.228. The Hall–Kier alpha value is -0.0800. The summed E-state index contributed by atoms with van der Waals surface area (Å²) in [5.74, 6) is 0. The van der Waals surface area contributed by atoms with Crippen molar-refractivity contribution in [3.63, 3.8) is 0 Å². The molecule has 0 spiro atoms. The predicted octanol–water partition coefficient (Wildman–Crippen LogP) is 1.89. The molecule has 78 valence electrons. The quantitative estimate of drug-likeness (QED) is 0.703. The van der Waals surface area contributed by atoms with Crippen molar-refractivity contribution in [2.75, 3.05) is 6.54 Å². The maximum atomic E-state index is 6.07. The number of hydrogen-bond acceptors (Lipinski definition) is 2. The van der Waals surface area contributed by atoms with Crippen LogP contribution in [0.15, 0.2) is 0 Å². The molecule has 1 aliphatic rings. The topological polar surface area (TPSA) is 38.0 Å². The molecule has 3 N–H and O–H groups in total. The standard InChI is InChI=1S/C11H24N2/c1-11(2,3)10(12)8-13-9-6-4-5-7-9/h9-10,13H,4-8,12H2,1-3H3. The van der Waals surface area contributed by atoms with Crippen molar-refractivity contribution in [3.05, 3.63) is 0 Å². The van der Waals surface area contributed by atoms with Crippen molar-refractivity contribution < 1.29 is 0 Å². The highest BCUT2D eigenvalue weighted by Crippen LogP contribution is 2.20. The second-order valence-corrected chi connectivity index (χ2v) is 5.36. The zero-order valence-corrected chi connectivity index (χ0v) is 9.27. The van der Waals surface area contributed by atoms with E-state index in [4.69, 9.17) is 5.73 Å². The van der Waals surface area contributed by atoms with Gasteiger partial charge in [0.2, 0.25) is 0 Å². The third kappa shape index (κ3) is 3.65. The van der Waals surface area contributed by atoms with Crippen LogP contribution in [-0.2, 0) is 0 Å². The van der Waals surface area contributed by atoms with Gasteiger partial charge in [-0.3, -0.25) is 0 Å². The van der Waals surface area contributed by atoms with Gasteiger partial charge in [0.25, 0.3) is 0 Å². The molecule has 1 unspecified atom stereocenters. The normalized spacial score (nSPS) is 22.2. The van der Waals surface area contributed by atoms with Crippen molar-refractivity contribution >= 4 is 0 Å². The lowest BCUT2D eigenvalue weighted by molar-refractivity contribution is 0.300. The molecule has 1 aliphatic carbocycles. The van der Waals surface area contributed by atoms with Crippen LogP contribution in [0.5, 0.6) is 0 Å². The van der Waals surface area contributed by atoms with Gasteiger partial charge in [-0.15, -0.1) is 0 Å². The molecule has 2 nitrogen and oxygen atoms in total. The van der Waals surface area contributed by atoms with Gasteiger partial charge in [-0.05, 0) is 18.3 Å². The fourth-order valence-electron chi connectivity index (χ4n) is 1.73. The Labute approximate surface area is 82.3 Å². The van der Waals surface area contributed by atoms with Crippen LogP contribution in [-0.4, -0.2) is 18.6 Å². The summed E-state index contributed by atoms with van der Waals surface area (Å²) in [4.78, 5) is 0. The first kappa shape index (κ1) is 11.0. The van der Waals surface area contributed by atoms with Gasteiger partial charge in [-0.25, -0.2) is 0 Å². The summed E-state index contributed by atoms with van der Waals surface area (Å²) in [5, 5.41) is 3.56. The number of hydrogen-bond donors (Lipinski definition) is 2. The Morgan fingerprint density at radius 2 is 1.85 bits per heavy atom. The maximum absolute atomic E-state index is 6.07. The molecule has 0 amide bonds. The van der Waals surface area contributed by atoms with Crippen LogP contribution in [0.3, 0.4) is 0 Å². The first-order chi connectivity index (χ1) is 6.00. The van der Waals surface area contributed by atoms with Gasteiger partial charge in [-0.1, -0.05) is 33.6 Å². The van der Waals surface area contributed by atoms with Gasteiger partial charge in [0.05, 0.1) is 0 Å². The second-order valence-electron chi connectivity index (χ2n) is 5.36. The van der Waals surface area contributed by atoms with Crippen LogP contribution in [0.25, 0.3) is 0 Å². The molecule has 0 radical (unpaired) electrons. The van der Waals surface area contributed by atoms with E-state index in [9.17, 15) is 0 Å². The lowest BCUT2D eigenvalue weighted by atomic mass is 9.87. The smallest absolute Gasteiger partial charge is 0.0214 e. The predicted molar refractivity (Wildman–Crippen MR) is 57.7 cm³/mol. The fourth-order valence-corrected chi connectivity index (χ4v) is 1.73. The maximum Gasteiger partial charge on any atom is 0.0214 e. The van der Waals surface area contributed by atoms with Crippen molar-refractivity contribution in [2.45, 2.75) is 58.5 Å². The Morgan fingerprint density at radius 1 is 1.31 bits per heavy atom. The summed E-state index contributed by atoms with van der Waals surface area (Å²) in [6.45, 7) is 7.57. The van der Waals surface area contributed by atoms with Crippen molar-refractivity contribution in [1.29, 1.82) is 0 Å². The molecule has 1 fully saturated rings. The first-order valence-corrected chi connectivity index (χ1v) is 5.49. The molecule has 1 saturated carbocycles. The number of nitrogens with two attached hydrogens (primary N) is 1. The highest BCUT2D eigenvalue weighted by molar-refractivity contribution is 4.82. The average Bonchev–Trinajstić information content (AvgIpc) is 2.50. The Morgan fingerprint density at radius 3 is 2.31 bits per heavy atom. The molecule has 0 aromatic rings. The summed E-state index contributed by atoms with van der Waals surface area (Å²) >= 11 is 0. The Balaban J connectivity index is 2.17. The van der Waals surface area contributed by atoms with Crippen LogP contribution >= 0.6 is 0 Å². The lowest BCUT2D eigenvalue weighted by Crippen LogP contribution is -2.45.